The molecule has 0 bridgehead atoms. The number of aromatic nitrogens is 1. The van der Waals surface area contributed by atoms with Gasteiger partial charge in [-0.15, -0.1) is 0 Å². The van der Waals surface area contributed by atoms with Crippen molar-refractivity contribution in [1.82, 2.24) is 4.98 Å². The van der Waals surface area contributed by atoms with Crippen LogP contribution >= 0.6 is 0 Å². The molecule has 7 heteroatoms. The van der Waals surface area contributed by atoms with Gasteiger partial charge in [-0.25, -0.2) is 22.2 Å². The second-order valence-electron chi connectivity index (χ2n) is 7.07. The van der Waals surface area contributed by atoms with Crippen LogP contribution in [0.4, 0.5) is 20.2 Å². The van der Waals surface area contributed by atoms with E-state index in [1.54, 1.807) is 54.6 Å². The predicted octanol–water partition coefficient (Wildman–Crippen LogP) is 5.84. The molecule has 4 rings (SSSR count). The summed E-state index contributed by atoms with van der Waals surface area (Å²) in [4.78, 5) is 4.85. The van der Waals surface area contributed by atoms with Gasteiger partial charge in [0.25, 0.3) is 0 Å². The molecule has 4 nitrogen and oxygen atoms in total. The number of benzene rings is 3. The lowest BCUT2D eigenvalue weighted by atomic mass is 10.1. The first-order chi connectivity index (χ1) is 14.8. The van der Waals surface area contributed by atoms with Crippen LogP contribution in [0.3, 0.4) is 0 Å². The van der Waals surface area contributed by atoms with E-state index in [-0.39, 0.29) is 16.5 Å². The maximum atomic E-state index is 13.4. The second kappa shape index (κ2) is 8.28. The van der Waals surface area contributed by atoms with Gasteiger partial charge in [0.2, 0.25) is 0 Å². The van der Waals surface area contributed by atoms with E-state index in [4.69, 9.17) is 0 Å². The third-order valence-electron chi connectivity index (χ3n) is 4.66. The highest BCUT2D eigenvalue weighted by Crippen LogP contribution is 2.29. The van der Waals surface area contributed by atoms with Crippen molar-refractivity contribution in [2.24, 2.45) is 0 Å². The van der Waals surface area contributed by atoms with E-state index in [2.05, 4.69) is 10.3 Å². The van der Waals surface area contributed by atoms with Gasteiger partial charge in [-0.1, -0.05) is 6.07 Å². The number of sulfone groups is 1. The first-order valence-electron chi connectivity index (χ1n) is 9.39. The molecule has 3 aromatic carbocycles. The molecule has 0 fully saturated rings. The highest BCUT2D eigenvalue weighted by molar-refractivity contribution is 7.90. The van der Waals surface area contributed by atoms with Gasteiger partial charge in [0.1, 0.15) is 11.6 Å². The minimum absolute atomic E-state index is 0.198. The summed E-state index contributed by atoms with van der Waals surface area (Å²) >= 11 is 0. The summed E-state index contributed by atoms with van der Waals surface area (Å²) in [6.07, 6.45) is 1.15. The van der Waals surface area contributed by atoms with Gasteiger partial charge in [-0.2, -0.15) is 0 Å². The van der Waals surface area contributed by atoms with Crippen LogP contribution in [0.15, 0.2) is 89.8 Å². The SMILES string of the molecule is CS(=O)(=O)c1cccc(Nc2cc(-c3ccc(F)cc3)nc(-c3ccc(F)cc3)c2)c1. The maximum absolute atomic E-state index is 13.4. The number of nitrogens with one attached hydrogen (secondary N) is 1. The standard InChI is InChI=1S/C24H18F2N2O2S/c1-31(29,30)22-4-2-3-20(13-22)27-21-14-23(16-5-9-18(25)10-6-16)28-24(15-21)17-7-11-19(26)12-8-17/h2-15H,1H3,(H,27,28). The number of nitrogens with zero attached hydrogens (tertiary/aromatic N) is 1. The molecule has 0 aliphatic rings. The average Bonchev–Trinajstić information content (AvgIpc) is 2.74. The van der Waals surface area contributed by atoms with Gasteiger partial charge >= 0.3 is 0 Å². The third kappa shape index (κ3) is 4.95. The van der Waals surface area contributed by atoms with Crippen molar-refractivity contribution in [3.8, 4) is 22.5 Å². The van der Waals surface area contributed by atoms with E-state index in [0.29, 0.717) is 33.9 Å². The normalized spacial score (nSPS) is 11.3. The molecule has 0 saturated carbocycles. The van der Waals surface area contributed by atoms with Crippen LogP contribution in [0.1, 0.15) is 0 Å². The van der Waals surface area contributed by atoms with Crippen molar-refractivity contribution < 1.29 is 17.2 Å². The zero-order valence-electron chi connectivity index (χ0n) is 16.5. The minimum atomic E-state index is -3.35. The predicted molar refractivity (Wildman–Crippen MR) is 118 cm³/mol. The van der Waals surface area contributed by atoms with Gasteiger partial charge in [-0.3, -0.25) is 0 Å². The van der Waals surface area contributed by atoms with E-state index in [1.165, 1.54) is 30.3 Å². The lowest BCUT2D eigenvalue weighted by molar-refractivity contribution is 0.602. The van der Waals surface area contributed by atoms with Crippen LogP contribution < -0.4 is 5.32 Å². The zero-order valence-corrected chi connectivity index (χ0v) is 17.3. The van der Waals surface area contributed by atoms with Crippen molar-refractivity contribution in [2.75, 3.05) is 11.6 Å². The molecule has 156 valence electrons. The summed E-state index contributed by atoms with van der Waals surface area (Å²) in [5.41, 5.74) is 3.83. The van der Waals surface area contributed by atoms with Crippen molar-refractivity contribution in [3.05, 3.63) is 96.6 Å². The molecule has 0 unspecified atom stereocenters. The van der Waals surface area contributed by atoms with E-state index in [1.807, 2.05) is 0 Å². The van der Waals surface area contributed by atoms with E-state index < -0.39 is 9.84 Å². The van der Waals surface area contributed by atoms with Crippen LogP contribution in [-0.4, -0.2) is 19.7 Å². The molecular formula is C24H18F2N2O2S. The van der Waals surface area contributed by atoms with Crippen molar-refractivity contribution in [2.45, 2.75) is 4.90 Å². The van der Waals surface area contributed by atoms with Crippen molar-refractivity contribution in [1.29, 1.82) is 0 Å². The number of anilines is 2. The summed E-state index contributed by atoms with van der Waals surface area (Å²) in [6.45, 7) is 0. The number of rotatable bonds is 5. The topological polar surface area (TPSA) is 59.1 Å². The van der Waals surface area contributed by atoms with Crippen LogP contribution in [0.5, 0.6) is 0 Å². The lowest BCUT2D eigenvalue weighted by Gasteiger charge is -2.12. The van der Waals surface area contributed by atoms with Crippen molar-refractivity contribution in [3.63, 3.8) is 0 Å². The minimum Gasteiger partial charge on any atom is -0.355 e. The summed E-state index contributed by atoms with van der Waals surface area (Å²) in [7, 11) is -3.35. The number of hydrogen-bond donors (Lipinski definition) is 1. The quantitative estimate of drug-likeness (QED) is 0.427. The van der Waals surface area contributed by atoms with E-state index in [0.717, 1.165) is 6.26 Å². The molecule has 4 aromatic rings. The number of pyridine rings is 1. The largest absolute Gasteiger partial charge is 0.355 e. The molecule has 1 heterocycles. The first-order valence-corrected chi connectivity index (χ1v) is 11.3. The second-order valence-corrected chi connectivity index (χ2v) is 9.08. The fraction of sp³-hybridized carbons (Fsp3) is 0.0417. The Hall–Kier alpha value is -3.58. The average molecular weight is 436 g/mol. The maximum Gasteiger partial charge on any atom is 0.175 e. The Labute approximate surface area is 179 Å². The summed E-state index contributed by atoms with van der Waals surface area (Å²) < 4.78 is 50.5. The zero-order chi connectivity index (χ0) is 22.0. The van der Waals surface area contributed by atoms with Crippen LogP contribution in [0.2, 0.25) is 0 Å². The van der Waals surface area contributed by atoms with Gasteiger partial charge in [0.15, 0.2) is 9.84 Å². The molecule has 0 aliphatic heterocycles. The highest BCUT2D eigenvalue weighted by atomic mass is 32.2. The molecule has 31 heavy (non-hydrogen) atoms. The first kappa shape index (κ1) is 20.7. The molecule has 1 N–H and O–H groups in total. The third-order valence-corrected chi connectivity index (χ3v) is 5.77. The highest BCUT2D eigenvalue weighted by Gasteiger charge is 2.11. The van der Waals surface area contributed by atoms with Gasteiger partial charge in [-0.05, 0) is 78.9 Å². The fourth-order valence-electron chi connectivity index (χ4n) is 3.11. The molecule has 0 aliphatic carbocycles. The summed E-state index contributed by atoms with van der Waals surface area (Å²) in [6, 6.07) is 22.0. The monoisotopic (exact) mass is 436 g/mol. The van der Waals surface area contributed by atoms with Crippen LogP contribution in [0.25, 0.3) is 22.5 Å². The Kier molecular flexibility index (Phi) is 5.52. The van der Waals surface area contributed by atoms with Gasteiger partial charge < -0.3 is 5.32 Å². The smallest absolute Gasteiger partial charge is 0.175 e. The Morgan fingerprint density at radius 2 is 1.23 bits per heavy atom. The molecule has 1 aromatic heterocycles. The van der Waals surface area contributed by atoms with E-state index in [9.17, 15) is 17.2 Å². The van der Waals surface area contributed by atoms with Crippen LogP contribution in [0, 0.1) is 11.6 Å². The van der Waals surface area contributed by atoms with Gasteiger partial charge in [0, 0.05) is 28.8 Å². The molecule has 0 radical (unpaired) electrons. The number of halogens is 2. The number of hydrogen-bond acceptors (Lipinski definition) is 4. The Bertz CT molecular complexity index is 1270. The Morgan fingerprint density at radius 3 is 1.71 bits per heavy atom. The Morgan fingerprint density at radius 1 is 0.710 bits per heavy atom. The van der Waals surface area contributed by atoms with Gasteiger partial charge in [0.05, 0.1) is 16.3 Å². The van der Waals surface area contributed by atoms with Crippen molar-refractivity contribution >= 4 is 21.2 Å². The summed E-state index contributed by atoms with van der Waals surface area (Å²) in [5, 5.41) is 3.21. The molecule has 0 saturated heterocycles. The molecule has 0 atom stereocenters. The molecular weight excluding hydrogens is 418 g/mol. The summed E-state index contributed by atoms with van der Waals surface area (Å²) in [5.74, 6) is -0.705. The molecule has 0 spiro atoms. The van der Waals surface area contributed by atoms with E-state index >= 15 is 0 Å². The fourth-order valence-corrected chi connectivity index (χ4v) is 3.78. The lowest BCUT2D eigenvalue weighted by Crippen LogP contribution is -1.99. The van der Waals surface area contributed by atoms with Crippen LogP contribution in [-0.2, 0) is 9.84 Å². The Balaban J connectivity index is 1.79. The molecule has 0 amide bonds.